The molecule has 2 rings (SSSR count). The summed E-state index contributed by atoms with van der Waals surface area (Å²) < 4.78 is 11.2. The second kappa shape index (κ2) is 5.23. The SMILES string of the molecule is COc1cnn(-c2cccc(C#N)c2)c(=O)c1OC. The van der Waals surface area contributed by atoms with Crippen molar-refractivity contribution in [2.75, 3.05) is 14.2 Å². The van der Waals surface area contributed by atoms with Gasteiger partial charge in [0.25, 0.3) is 0 Å². The molecular formula is C13H11N3O3. The molecule has 0 N–H and O–H groups in total. The van der Waals surface area contributed by atoms with Crippen molar-refractivity contribution in [3.8, 4) is 23.3 Å². The molecule has 19 heavy (non-hydrogen) atoms. The molecule has 0 fully saturated rings. The van der Waals surface area contributed by atoms with E-state index < -0.39 is 5.56 Å². The fraction of sp³-hybridized carbons (Fsp3) is 0.154. The Morgan fingerprint density at radius 3 is 2.74 bits per heavy atom. The Kier molecular flexibility index (Phi) is 3.48. The highest BCUT2D eigenvalue weighted by molar-refractivity contribution is 5.43. The Morgan fingerprint density at radius 1 is 1.32 bits per heavy atom. The van der Waals surface area contributed by atoms with Gasteiger partial charge in [0.2, 0.25) is 5.75 Å². The van der Waals surface area contributed by atoms with E-state index in [-0.39, 0.29) is 11.5 Å². The predicted octanol–water partition coefficient (Wildman–Crippen LogP) is 1.12. The predicted molar refractivity (Wildman–Crippen MR) is 67.7 cm³/mol. The van der Waals surface area contributed by atoms with E-state index in [1.807, 2.05) is 6.07 Å². The summed E-state index contributed by atoms with van der Waals surface area (Å²) in [7, 11) is 2.81. The van der Waals surface area contributed by atoms with Crippen molar-refractivity contribution in [1.82, 2.24) is 9.78 Å². The van der Waals surface area contributed by atoms with Gasteiger partial charge in [0, 0.05) is 0 Å². The Hall–Kier alpha value is -2.81. The monoisotopic (exact) mass is 257 g/mol. The van der Waals surface area contributed by atoms with Crippen molar-refractivity contribution < 1.29 is 9.47 Å². The van der Waals surface area contributed by atoms with E-state index in [2.05, 4.69) is 5.10 Å². The number of hydrogen-bond donors (Lipinski definition) is 0. The molecule has 6 nitrogen and oxygen atoms in total. The van der Waals surface area contributed by atoms with E-state index in [0.717, 1.165) is 4.68 Å². The van der Waals surface area contributed by atoms with Crippen molar-refractivity contribution in [3.63, 3.8) is 0 Å². The lowest BCUT2D eigenvalue weighted by Crippen LogP contribution is -2.22. The highest BCUT2D eigenvalue weighted by Crippen LogP contribution is 2.20. The molecule has 0 radical (unpaired) electrons. The maximum atomic E-state index is 12.2. The van der Waals surface area contributed by atoms with Gasteiger partial charge in [0.15, 0.2) is 5.75 Å². The molecule has 0 aliphatic carbocycles. The van der Waals surface area contributed by atoms with E-state index in [1.54, 1.807) is 24.3 Å². The van der Waals surface area contributed by atoms with E-state index in [9.17, 15) is 4.79 Å². The highest BCUT2D eigenvalue weighted by atomic mass is 16.5. The second-order valence-electron chi connectivity index (χ2n) is 3.63. The van der Waals surface area contributed by atoms with Crippen molar-refractivity contribution >= 4 is 0 Å². The summed E-state index contributed by atoms with van der Waals surface area (Å²) in [5.41, 5.74) is 0.489. The topological polar surface area (TPSA) is 77.1 Å². The second-order valence-corrected chi connectivity index (χ2v) is 3.63. The van der Waals surface area contributed by atoms with Crippen LogP contribution in [0.2, 0.25) is 0 Å². The molecule has 0 bridgehead atoms. The fourth-order valence-corrected chi connectivity index (χ4v) is 1.65. The number of rotatable bonds is 3. The molecule has 0 unspecified atom stereocenters. The van der Waals surface area contributed by atoms with Gasteiger partial charge < -0.3 is 9.47 Å². The van der Waals surface area contributed by atoms with Gasteiger partial charge in [-0.15, -0.1) is 0 Å². The zero-order valence-electron chi connectivity index (χ0n) is 10.5. The zero-order valence-corrected chi connectivity index (χ0v) is 10.5. The van der Waals surface area contributed by atoms with Crippen LogP contribution in [0.3, 0.4) is 0 Å². The number of aromatic nitrogens is 2. The molecule has 1 aromatic heterocycles. The van der Waals surface area contributed by atoms with Gasteiger partial charge in [-0.2, -0.15) is 15.0 Å². The Balaban J connectivity index is 2.64. The van der Waals surface area contributed by atoms with E-state index >= 15 is 0 Å². The Morgan fingerprint density at radius 2 is 2.11 bits per heavy atom. The molecule has 0 amide bonds. The van der Waals surface area contributed by atoms with Gasteiger partial charge in [0.05, 0.1) is 37.7 Å². The molecule has 0 aliphatic heterocycles. The number of ether oxygens (including phenoxy) is 2. The largest absolute Gasteiger partial charge is 0.491 e. The molecule has 1 heterocycles. The van der Waals surface area contributed by atoms with Gasteiger partial charge >= 0.3 is 5.56 Å². The van der Waals surface area contributed by atoms with E-state index in [0.29, 0.717) is 11.3 Å². The zero-order chi connectivity index (χ0) is 13.8. The van der Waals surface area contributed by atoms with Crippen LogP contribution in [0.4, 0.5) is 0 Å². The summed E-state index contributed by atoms with van der Waals surface area (Å²) >= 11 is 0. The van der Waals surface area contributed by atoms with Crippen LogP contribution < -0.4 is 15.0 Å². The molecule has 0 spiro atoms. The minimum absolute atomic E-state index is 0.0693. The lowest BCUT2D eigenvalue weighted by atomic mass is 10.2. The third kappa shape index (κ3) is 2.26. The summed E-state index contributed by atoms with van der Waals surface area (Å²) in [4.78, 5) is 12.2. The standard InChI is InChI=1S/C13H11N3O3/c1-18-11-8-15-16(13(17)12(11)19-2)10-5-3-4-9(6-10)7-14/h3-6,8H,1-2H3. The van der Waals surface area contributed by atoms with Crippen LogP contribution >= 0.6 is 0 Å². The van der Waals surface area contributed by atoms with Crippen molar-refractivity contribution in [2.24, 2.45) is 0 Å². The molecule has 0 atom stereocenters. The van der Waals surface area contributed by atoms with Gasteiger partial charge in [0.1, 0.15) is 0 Å². The van der Waals surface area contributed by atoms with Crippen LogP contribution in [0.25, 0.3) is 5.69 Å². The molecule has 6 heteroatoms. The van der Waals surface area contributed by atoms with Gasteiger partial charge in [-0.25, -0.2) is 0 Å². The van der Waals surface area contributed by atoms with Crippen LogP contribution in [0.5, 0.6) is 11.5 Å². The van der Waals surface area contributed by atoms with Gasteiger partial charge in [-0.3, -0.25) is 4.79 Å². The first-order chi connectivity index (χ1) is 9.21. The molecule has 96 valence electrons. The maximum Gasteiger partial charge on any atom is 0.317 e. The first-order valence-electron chi connectivity index (χ1n) is 5.42. The maximum absolute atomic E-state index is 12.2. The number of benzene rings is 1. The van der Waals surface area contributed by atoms with Crippen LogP contribution in [0, 0.1) is 11.3 Å². The minimum atomic E-state index is -0.447. The normalized spacial score (nSPS) is 9.74. The number of methoxy groups -OCH3 is 2. The van der Waals surface area contributed by atoms with Crippen LogP contribution in [0.15, 0.2) is 35.3 Å². The summed E-state index contributed by atoms with van der Waals surface area (Å²) in [6.45, 7) is 0. The third-order valence-electron chi connectivity index (χ3n) is 2.54. The average Bonchev–Trinajstić information content (AvgIpc) is 2.46. The number of nitrogens with zero attached hydrogens (tertiary/aromatic N) is 3. The lowest BCUT2D eigenvalue weighted by molar-refractivity contribution is 0.344. The Labute approximate surface area is 109 Å². The smallest absolute Gasteiger partial charge is 0.317 e. The average molecular weight is 257 g/mol. The van der Waals surface area contributed by atoms with E-state index in [4.69, 9.17) is 14.7 Å². The fourth-order valence-electron chi connectivity index (χ4n) is 1.65. The van der Waals surface area contributed by atoms with Crippen LogP contribution in [-0.4, -0.2) is 24.0 Å². The van der Waals surface area contributed by atoms with Crippen LogP contribution in [-0.2, 0) is 0 Å². The summed E-state index contributed by atoms with van der Waals surface area (Å²) in [6.07, 6.45) is 1.39. The molecule has 0 saturated heterocycles. The first-order valence-corrected chi connectivity index (χ1v) is 5.42. The Bertz CT molecular complexity index is 701. The highest BCUT2D eigenvalue weighted by Gasteiger charge is 2.13. The first kappa shape index (κ1) is 12.6. The molecule has 0 aliphatic rings. The van der Waals surface area contributed by atoms with Crippen LogP contribution in [0.1, 0.15) is 5.56 Å². The van der Waals surface area contributed by atoms with Gasteiger partial charge in [-0.05, 0) is 18.2 Å². The van der Waals surface area contributed by atoms with E-state index in [1.165, 1.54) is 20.4 Å². The van der Waals surface area contributed by atoms with Crippen molar-refractivity contribution in [3.05, 3.63) is 46.4 Å². The lowest BCUT2D eigenvalue weighted by Gasteiger charge is -2.09. The summed E-state index contributed by atoms with van der Waals surface area (Å²) in [5, 5.41) is 12.9. The number of hydrogen-bond acceptors (Lipinski definition) is 5. The molecule has 1 aromatic carbocycles. The van der Waals surface area contributed by atoms with Gasteiger partial charge in [-0.1, -0.05) is 6.07 Å². The summed E-state index contributed by atoms with van der Waals surface area (Å²) in [6, 6.07) is 8.59. The quantitative estimate of drug-likeness (QED) is 0.823. The molecule has 2 aromatic rings. The third-order valence-corrected chi connectivity index (χ3v) is 2.54. The minimum Gasteiger partial charge on any atom is -0.491 e. The molecule has 0 saturated carbocycles. The summed E-state index contributed by atoms with van der Waals surface area (Å²) in [5.74, 6) is 0.333. The van der Waals surface area contributed by atoms with Crippen molar-refractivity contribution in [1.29, 1.82) is 5.26 Å². The van der Waals surface area contributed by atoms with Crippen molar-refractivity contribution in [2.45, 2.75) is 0 Å². The number of nitriles is 1. The molecular weight excluding hydrogens is 246 g/mol.